The van der Waals surface area contributed by atoms with Crippen LogP contribution < -0.4 is 4.90 Å². The minimum atomic E-state index is -0.180. The summed E-state index contributed by atoms with van der Waals surface area (Å²) in [5.74, 6) is 0.744. The minimum absolute atomic E-state index is 0.103. The Balaban J connectivity index is 1.48. The smallest absolute Gasteiger partial charge is 0.147 e. The van der Waals surface area contributed by atoms with Crippen LogP contribution in [0.15, 0.2) is 42.9 Å². The summed E-state index contributed by atoms with van der Waals surface area (Å²) in [5, 5.41) is 0. The maximum Gasteiger partial charge on any atom is 0.147 e. The molecule has 138 valence electrons. The second-order valence-corrected chi connectivity index (χ2v) is 7.48. The third kappa shape index (κ3) is 4.02. The van der Waals surface area contributed by atoms with Gasteiger partial charge in [-0.05, 0) is 37.1 Å². The molecule has 0 bridgehead atoms. The molecule has 4 rings (SSSR count). The van der Waals surface area contributed by atoms with Gasteiger partial charge in [0.25, 0.3) is 0 Å². The maximum atomic E-state index is 13.2. The topological polar surface area (TPSA) is 41.5 Å². The Bertz CT molecular complexity index is 712. The molecule has 6 heteroatoms. The third-order valence-corrected chi connectivity index (χ3v) is 5.37. The molecular formula is C20H25FN4O. The van der Waals surface area contributed by atoms with E-state index in [-0.39, 0.29) is 11.2 Å². The molecule has 2 fully saturated rings. The van der Waals surface area contributed by atoms with E-state index in [0.29, 0.717) is 0 Å². The van der Waals surface area contributed by atoms with Crippen LogP contribution in [0, 0.1) is 11.2 Å². The van der Waals surface area contributed by atoms with E-state index in [4.69, 9.17) is 4.74 Å². The average Bonchev–Trinajstić information content (AvgIpc) is 2.87. The van der Waals surface area contributed by atoms with Gasteiger partial charge in [0.15, 0.2) is 0 Å². The standard InChI is InChI=1S/C20H25FN4O/c21-18-4-2-17(3-5-18)13-24-9-1-6-20(14-24)15-25(10-11-26-16-20)19-12-22-7-8-23-19/h2-5,7-8,12H,1,6,9-11,13-16H2. The highest BCUT2D eigenvalue weighted by Gasteiger charge is 2.39. The Morgan fingerprint density at radius 1 is 1.12 bits per heavy atom. The van der Waals surface area contributed by atoms with Crippen LogP contribution in [0.4, 0.5) is 10.2 Å². The molecule has 2 aliphatic heterocycles. The molecule has 0 N–H and O–H groups in total. The summed E-state index contributed by atoms with van der Waals surface area (Å²) in [4.78, 5) is 13.5. The van der Waals surface area contributed by atoms with Crippen LogP contribution in [0.25, 0.3) is 0 Å². The molecule has 1 aromatic carbocycles. The van der Waals surface area contributed by atoms with E-state index in [9.17, 15) is 4.39 Å². The summed E-state index contributed by atoms with van der Waals surface area (Å²) in [7, 11) is 0. The lowest BCUT2D eigenvalue weighted by Crippen LogP contribution is -2.50. The molecule has 26 heavy (non-hydrogen) atoms. The molecule has 1 unspecified atom stereocenters. The zero-order chi connectivity index (χ0) is 17.8. The molecule has 1 atom stereocenters. The van der Waals surface area contributed by atoms with Crippen molar-refractivity contribution in [2.75, 3.05) is 44.3 Å². The SMILES string of the molecule is Fc1ccc(CN2CCCC3(COCCN(c4cnccn4)C3)C2)cc1. The Morgan fingerprint density at radius 2 is 2.00 bits per heavy atom. The summed E-state index contributed by atoms with van der Waals surface area (Å²) < 4.78 is 19.1. The first kappa shape index (κ1) is 17.4. The minimum Gasteiger partial charge on any atom is -0.379 e. The summed E-state index contributed by atoms with van der Waals surface area (Å²) >= 11 is 0. The third-order valence-electron chi connectivity index (χ3n) is 5.37. The molecule has 2 aromatic rings. The number of ether oxygens (including phenoxy) is 1. The summed E-state index contributed by atoms with van der Waals surface area (Å²) in [6.07, 6.45) is 7.59. The maximum absolute atomic E-state index is 13.2. The monoisotopic (exact) mass is 356 g/mol. The number of anilines is 1. The Labute approximate surface area is 153 Å². The normalized spacial score (nSPS) is 24.6. The summed E-state index contributed by atoms with van der Waals surface area (Å²) in [6.45, 7) is 6.20. The van der Waals surface area contributed by atoms with E-state index < -0.39 is 0 Å². The van der Waals surface area contributed by atoms with Gasteiger partial charge in [0.2, 0.25) is 0 Å². The summed E-state index contributed by atoms with van der Waals surface area (Å²) in [6, 6.07) is 6.84. The van der Waals surface area contributed by atoms with E-state index >= 15 is 0 Å². The van der Waals surface area contributed by atoms with Gasteiger partial charge in [-0.25, -0.2) is 9.37 Å². The van der Waals surface area contributed by atoms with Crippen LogP contribution in [0.1, 0.15) is 18.4 Å². The zero-order valence-electron chi connectivity index (χ0n) is 15.0. The van der Waals surface area contributed by atoms with Crippen molar-refractivity contribution in [3.63, 3.8) is 0 Å². The lowest BCUT2D eigenvalue weighted by molar-refractivity contribution is 0.0106. The van der Waals surface area contributed by atoms with Crippen LogP contribution in [0.5, 0.6) is 0 Å². The van der Waals surface area contributed by atoms with Gasteiger partial charge in [0.1, 0.15) is 11.6 Å². The molecule has 0 saturated carbocycles. The molecule has 0 aliphatic carbocycles. The molecule has 0 radical (unpaired) electrons. The lowest BCUT2D eigenvalue weighted by Gasteiger charge is -2.43. The number of nitrogens with zero attached hydrogens (tertiary/aromatic N) is 4. The van der Waals surface area contributed by atoms with Crippen molar-refractivity contribution in [2.45, 2.75) is 19.4 Å². The fourth-order valence-electron chi connectivity index (χ4n) is 4.18. The number of hydrogen-bond donors (Lipinski definition) is 0. The van der Waals surface area contributed by atoms with E-state index in [1.165, 1.54) is 0 Å². The van der Waals surface area contributed by atoms with Crippen LogP contribution >= 0.6 is 0 Å². The molecule has 5 nitrogen and oxygen atoms in total. The lowest BCUT2D eigenvalue weighted by atomic mass is 9.80. The van der Waals surface area contributed by atoms with E-state index in [2.05, 4.69) is 19.8 Å². The Morgan fingerprint density at radius 3 is 2.81 bits per heavy atom. The fraction of sp³-hybridized carbons (Fsp3) is 0.500. The predicted molar refractivity (Wildman–Crippen MR) is 98.4 cm³/mol. The molecule has 3 heterocycles. The zero-order valence-corrected chi connectivity index (χ0v) is 15.0. The molecule has 1 spiro atoms. The van der Waals surface area contributed by atoms with Gasteiger partial charge in [0.05, 0.1) is 19.4 Å². The van der Waals surface area contributed by atoms with Crippen LogP contribution in [0.3, 0.4) is 0 Å². The van der Waals surface area contributed by atoms with Crippen molar-refractivity contribution < 1.29 is 9.13 Å². The number of aromatic nitrogens is 2. The van der Waals surface area contributed by atoms with Gasteiger partial charge in [-0.1, -0.05) is 12.1 Å². The second kappa shape index (κ2) is 7.68. The number of rotatable bonds is 3. The molecule has 2 saturated heterocycles. The Kier molecular flexibility index (Phi) is 5.13. The molecule has 2 aliphatic rings. The van der Waals surface area contributed by atoms with Gasteiger partial charge >= 0.3 is 0 Å². The number of halogens is 1. The Hall–Kier alpha value is -2.05. The highest BCUT2D eigenvalue weighted by molar-refractivity contribution is 5.36. The molecule has 0 amide bonds. The average molecular weight is 356 g/mol. The fourth-order valence-corrected chi connectivity index (χ4v) is 4.18. The molecule has 1 aromatic heterocycles. The highest BCUT2D eigenvalue weighted by Crippen LogP contribution is 2.34. The van der Waals surface area contributed by atoms with E-state index in [1.807, 2.05) is 18.3 Å². The van der Waals surface area contributed by atoms with Crippen molar-refractivity contribution in [3.05, 3.63) is 54.2 Å². The van der Waals surface area contributed by atoms with Crippen molar-refractivity contribution in [1.82, 2.24) is 14.9 Å². The van der Waals surface area contributed by atoms with Crippen molar-refractivity contribution >= 4 is 5.82 Å². The van der Waals surface area contributed by atoms with Gasteiger partial charge in [-0.2, -0.15) is 0 Å². The number of hydrogen-bond acceptors (Lipinski definition) is 5. The van der Waals surface area contributed by atoms with Gasteiger partial charge < -0.3 is 9.64 Å². The predicted octanol–water partition coefficient (Wildman–Crippen LogP) is 2.73. The first-order valence-corrected chi connectivity index (χ1v) is 9.28. The van der Waals surface area contributed by atoms with Crippen molar-refractivity contribution in [1.29, 1.82) is 0 Å². The van der Waals surface area contributed by atoms with Gasteiger partial charge in [-0.3, -0.25) is 9.88 Å². The summed E-state index contributed by atoms with van der Waals surface area (Å²) in [5.41, 5.74) is 1.26. The quantitative estimate of drug-likeness (QED) is 0.846. The first-order valence-electron chi connectivity index (χ1n) is 9.28. The van der Waals surface area contributed by atoms with Crippen LogP contribution in [-0.2, 0) is 11.3 Å². The number of piperidine rings is 1. The van der Waals surface area contributed by atoms with Crippen LogP contribution in [-0.4, -0.2) is 54.3 Å². The number of benzene rings is 1. The van der Waals surface area contributed by atoms with Crippen molar-refractivity contribution in [2.24, 2.45) is 5.41 Å². The van der Waals surface area contributed by atoms with Crippen molar-refractivity contribution in [3.8, 4) is 0 Å². The van der Waals surface area contributed by atoms with E-state index in [0.717, 1.165) is 70.2 Å². The second-order valence-electron chi connectivity index (χ2n) is 7.48. The van der Waals surface area contributed by atoms with E-state index in [1.54, 1.807) is 24.5 Å². The highest BCUT2D eigenvalue weighted by atomic mass is 19.1. The van der Waals surface area contributed by atoms with Gasteiger partial charge in [-0.15, -0.1) is 0 Å². The first-order chi connectivity index (χ1) is 12.7. The van der Waals surface area contributed by atoms with Gasteiger partial charge in [0, 0.05) is 44.0 Å². The molecular weight excluding hydrogens is 331 g/mol. The van der Waals surface area contributed by atoms with Crippen LogP contribution in [0.2, 0.25) is 0 Å². The number of likely N-dealkylation sites (tertiary alicyclic amines) is 1. The largest absolute Gasteiger partial charge is 0.379 e.